The Balaban J connectivity index is 1.82. The fraction of sp³-hybridized carbons (Fsp3) is 0. The first-order chi connectivity index (χ1) is 9.74. The number of aromatic amines is 2. The smallest absolute Gasteiger partial charge is 0.276 e. The molecule has 0 aliphatic carbocycles. The molecular weight excluding hydrogens is 263 g/mol. The Morgan fingerprint density at radius 1 is 1.35 bits per heavy atom. The van der Waals surface area contributed by atoms with Crippen LogP contribution in [0.2, 0.25) is 0 Å². The molecule has 0 saturated heterocycles. The van der Waals surface area contributed by atoms with Crippen LogP contribution in [0.3, 0.4) is 0 Å². The molecular formula is C12H9FN6O. The normalized spacial score (nSPS) is 11.2. The summed E-state index contributed by atoms with van der Waals surface area (Å²) in [7, 11) is 0. The van der Waals surface area contributed by atoms with Crippen LogP contribution in [0.1, 0.15) is 5.56 Å². The second-order valence-electron chi connectivity index (χ2n) is 3.91. The lowest BCUT2D eigenvalue weighted by atomic mass is 10.2. The fourth-order valence-electron chi connectivity index (χ4n) is 1.64. The van der Waals surface area contributed by atoms with Gasteiger partial charge in [0.2, 0.25) is 5.95 Å². The number of imidazole rings is 1. The van der Waals surface area contributed by atoms with Crippen LogP contribution in [0.25, 0.3) is 11.2 Å². The van der Waals surface area contributed by atoms with E-state index in [4.69, 9.17) is 0 Å². The molecule has 3 rings (SSSR count). The molecule has 0 aliphatic heterocycles. The van der Waals surface area contributed by atoms with Gasteiger partial charge in [-0.2, -0.15) is 10.1 Å². The summed E-state index contributed by atoms with van der Waals surface area (Å²) in [6.07, 6.45) is 2.58. The lowest BCUT2D eigenvalue weighted by Gasteiger charge is -1.95. The number of anilines is 1. The fourth-order valence-corrected chi connectivity index (χ4v) is 1.64. The van der Waals surface area contributed by atoms with Gasteiger partial charge < -0.3 is 9.97 Å². The highest BCUT2D eigenvalue weighted by Gasteiger charge is 2.05. The van der Waals surface area contributed by atoms with Crippen molar-refractivity contribution in [3.05, 3.63) is 52.3 Å². The SMILES string of the molecule is O=c1[nH]cnc2nc(N/N=C/c3ccccc3F)[nH]c12. The van der Waals surface area contributed by atoms with Crippen molar-refractivity contribution in [3.8, 4) is 0 Å². The number of H-pyrrole nitrogens is 2. The molecule has 0 fully saturated rings. The largest absolute Gasteiger partial charge is 0.317 e. The Hall–Kier alpha value is -3.03. The number of nitrogens with one attached hydrogen (secondary N) is 3. The van der Waals surface area contributed by atoms with Gasteiger partial charge in [0.15, 0.2) is 11.2 Å². The third kappa shape index (κ3) is 2.26. The number of aromatic nitrogens is 4. The Bertz CT molecular complexity index is 837. The van der Waals surface area contributed by atoms with E-state index in [0.29, 0.717) is 5.56 Å². The minimum absolute atomic E-state index is 0.246. The molecule has 0 aliphatic rings. The molecule has 7 nitrogen and oxygen atoms in total. The Kier molecular flexibility index (Phi) is 2.96. The van der Waals surface area contributed by atoms with Crippen molar-refractivity contribution in [2.75, 3.05) is 5.43 Å². The monoisotopic (exact) mass is 272 g/mol. The van der Waals surface area contributed by atoms with Gasteiger partial charge in [-0.1, -0.05) is 18.2 Å². The summed E-state index contributed by atoms with van der Waals surface area (Å²) in [5.41, 5.74) is 3.12. The van der Waals surface area contributed by atoms with Gasteiger partial charge in [-0.05, 0) is 6.07 Å². The number of hydrogen-bond acceptors (Lipinski definition) is 5. The highest BCUT2D eigenvalue weighted by molar-refractivity contribution is 5.80. The number of benzene rings is 1. The van der Waals surface area contributed by atoms with E-state index in [2.05, 4.69) is 30.5 Å². The number of rotatable bonds is 3. The quantitative estimate of drug-likeness (QED) is 0.493. The number of fused-ring (bicyclic) bond motifs is 1. The van der Waals surface area contributed by atoms with Crippen LogP contribution in [-0.4, -0.2) is 26.2 Å². The molecule has 0 spiro atoms. The number of hydrogen-bond donors (Lipinski definition) is 3. The van der Waals surface area contributed by atoms with Gasteiger partial charge in [0.05, 0.1) is 12.5 Å². The van der Waals surface area contributed by atoms with Crippen LogP contribution in [0.4, 0.5) is 10.3 Å². The van der Waals surface area contributed by atoms with E-state index < -0.39 is 0 Å². The molecule has 0 radical (unpaired) electrons. The third-order valence-electron chi connectivity index (χ3n) is 2.57. The van der Waals surface area contributed by atoms with Gasteiger partial charge in [0.1, 0.15) is 5.82 Å². The van der Waals surface area contributed by atoms with E-state index in [1.165, 1.54) is 18.6 Å². The van der Waals surface area contributed by atoms with Crippen molar-refractivity contribution < 1.29 is 4.39 Å². The van der Waals surface area contributed by atoms with Crippen LogP contribution >= 0.6 is 0 Å². The topological polar surface area (TPSA) is 98.8 Å². The number of hydrazone groups is 1. The van der Waals surface area contributed by atoms with E-state index in [9.17, 15) is 9.18 Å². The van der Waals surface area contributed by atoms with Gasteiger partial charge in [0.25, 0.3) is 5.56 Å². The minimum atomic E-state index is -0.374. The van der Waals surface area contributed by atoms with Crippen molar-refractivity contribution >= 4 is 23.3 Å². The van der Waals surface area contributed by atoms with Crippen molar-refractivity contribution in [2.24, 2.45) is 5.10 Å². The zero-order valence-electron chi connectivity index (χ0n) is 10.1. The first-order valence-corrected chi connectivity index (χ1v) is 5.71. The number of halogens is 1. The molecule has 2 heterocycles. The first kappa shape index (κ1) is 12.0. The van der Waals surface area contributed by atoms with Gasteiger partial charge in [-0.15, -0.1) is 0 Å². The van der Waals surface area contributed by atoms with E-state index in [0.717, 1.165) is 0 Å². The predicted octanol–water partition coefficient (Wildman–Crippen LogP) is 1.23. The molecule has 0 unspecified atom stereocenters. The molecule has 100 valence electrons. The molecule has 1 aromatic carbocycles. The van der Waals surface area contributed by atoms with Crippen LogP contribution in [-0.2, 0) is 0 Å². The highest BCUT2D eigenvalue weighted by Crippen LogP contribution is 2.07. The van der Waals surface area contributed by atoms with Gasteiger partial charge >= 0.3 is 0 Å². The Labute approximate surface area is 111 Å². The molecule has 3 aromatic rings. The molecule has 2 aromatic heterocycles. The van der Waals surface area contributed by atoms with Gasteiger partial charge in [0, 0.05) is 5.56 Å². The summed E-state index contributed by atoms with van der Waals surface area (Å²) in [6.45, 7) is 0. The second-order valence-corrected chi connectivity index (χ2v) is 3.91. The van der Waals surface area contributed by atoms with E-state index in [1.54, 1.807) is 18.2 Å². The maximum absolute atomic E-state index is 13.3. The standard InChI is InChI=1S/C12H9FN6O/c13-8-4-2-1-3-7(8)5-16-19-12-17-9-10(18-12)14-6-15-11(9)20/h1-6H,(H3,14,15,17,18,19,20)/b16-5+. The maximum Gasteiger partial charge on any atom is 0.276 e. The van der Waals surface area contributed by atoms with E-state index >= 15 is 0 Å². The molecule has 20 heavy (non-hydrogen) atoms. The van der Waals surface area contributed by atoms with Crippen LogP contribution in [0.15, 0.2) is 40.5 Å². The predicted molar refractivity (Wildman–Crippen MR) is 72.1 cm³/mol. The zero-order valence-corrected chi connectivity index (χ0v) is 10.1. The molecule has 0 saturated carbocycles. The molecule has 3 N–H and O–H groups in total. The number of nitrogens with zero attached hydrogens (tertiary/aromatic N) is 3. The molecule has 0 atom stereocenters. The van der Waals surface area contributed by atoms with Gasteiger partial charge in [-0.25, -0.2) is 14.8 Å². The van der Waals surface area contributed by atoms with E-state index in [-0.39, 0.29) is 28.5 Å². The third-order valence-corrected chi connectivity index (χ3v) is 2.57. The summed E-state index contributed by atoms with van der Waals surface area (Å²) in [5.74, 6) is -0.127. The van der Waals surface area contributed by atoms with Crippen molar-refractivity contribution in [1.82, 2.24) is 19.9 Å². The zero-order chi connectivity index (χ0) is 13.9. The van der Waals surface area contributed by atoms with E-state index in [1.807, 2.05) is 0 Å². The second kappa shape index (κ2) is 4.92. The van der Waals surface area contributed by atoms with Crippen LogP contribution in [0, 0.1) is 5.82 Å². The molecule has 8 heteroatoms. The highest BCUT2D eigenvalue weighted by atomic mass is 19.1. The molecule has 0 bridgehead atoms. The van der Waals surface area contributed by atoms with Gasteiger partial charge in [-0.3, -0.25) is 4.79 Å². The summed E-state index contributed by atoms with van der Waals surface area (Å²) in [5, 5.41) is 3.85. The maximum atomic E-state index is 13.3. The van der Waals surface area contributed by atoms with Crippen LogP contribution < -0.4 is 11.0 Å². The molecule has 0 amide bonds. The van der Waals surface area contributed by atoms with Crippen molar-refractivity contribution in [1.29, 1.82) is 0 Å². The Morgan fingerprint density at radius 3 is 3.00 bits per heavy atom. The van der Waals surface area contributed by atoms with Crippen molar-refractivity contribution in [3.63, 3.8) is 0 Å². The summed E-state index contributed by atoms with van der Waals surface area (Å²) in [4.78, 5) is 24.5. The Morgan fingerprint density at radius 2 is 2.20 bits per heavy atom. The van der Waals surface area contributed by atoms with Crippen molar-refractivity contribution in [2.45, 2.75) is 0 Å². The lowest BCUT2D eigenvalue weighted by molar-refractivity contribution is 0.626. The van der Waals surface area contributed by atoms with Crippen LogP contribution in [0.5, 0.6) is 0 Å². The minimum Gasteiger partial charge on any atom is -0.317 e. The average molecular weight is 272 g/mol. The summed E-state index contributed by atoms with van der Waals surface area (Å²) in [6, 6.07) is 6.23. The average Bonchev–Trinajstić information content (AvgIpc) is 2.85. The summed E-state index contributed by atoms with van der Waals surface area (Å²) >= 11 is 0. The lowest BCUT2D eigenvalue weighted by Crippen LogP contribution is -2.05. The first-order valence-electron chi connectivity index (χ1n) is 5.71. The summed E-state index contributed by atoms with van der Waals surface area (Å²) < 4.78 is 13.3.